The van der Waals surface area contributed by atoms with Gasteiger partial charge in [0.05, 0.1) is 18.7 Å². The molecule has 140 valence electrons. The zero-order valence-electron chi connectivity index (χ0n) is 12.9. The normalized spacial score (nSPS) is 18.2. The Bertz CT molecular complexity index is 659. The van der Waals surface area contributed by atoms with Gasteiger partial charge in [0.15, 0.2) is 5.96 Å². The SMILES string of the molecule is Cl.NC(=NCc1cccc(C(F)(F)F)c1)N=C(N)N1CCC(F)(F)C1. The number of guanidine groups is 2. The minimum atomic E-state index is -4.45. The van der Waals surface area contributed by atoms with Crippen LogP contribution in [0.5, 0.6) is 0 Å². The molecule has 5 nitrogen and oxygen atoms in total. The Kier molecular flexibility index (Phi) is 6.58. The summed E-state index contributed by atoms with van der Waals surface area (Å²) in [6, 6.07) is 4.61. The maximum absolute atomic E-state index is 13.1. The standard InChI is InChI=1S/C14H16F5N5.ClH/c15-13(16)4-5-24(8-13)12(21)23-11(20)22-7-9-2-1-3-10(6-9)14(17,18)19;/h1-3,6H,4-5,7-8H2,(H4,20,21,22,23);1H. The Hall–Kier alpha value is -2.10. The van der Waals surface area contributed by atoms with Crippen LogP contribution in [0.25, 0.3) is 0 Å². The van der Waals surface area contributed by atoms with Crippen molar-refractivity contribution in [3.63, 3.8) is 0 Å². The number of hydrogen-bond acceptors (Lipinski definition) is 1. The smallest absolute Gasteiger partial charge is 0.369 e. The molecule has 25 heavy (non-hydrogen) atoms. The fourth-order valence-electron chi connectivity index (χ4n) is 2.17. The van der Waals surface area contributed by atoms with Crippen molar-refractivity contribution in [1.29, 1.82) is 0 Å². The third-order valence-corrected chi connectivity index (χ3v) is 3.40. The molecule has 2 rings (SSSR count). The minimum absolute atomic E-state index is 0. The van der Waals surface area contributed by atoms with E-state index in [1.165, 1.54) is 17.0 Å². The number of alkyl halides is 5. The molecule has 0 radical (unpaired) electrons. The molecule has 0 unspecified atom stereocenters. The molecular formula is C14H17ClF5N5. The van der Waals surface area contributed by atoms with E-state index in [0.717, 1.165) is 12.1 Å². The van der Waals surface area contributed by atoms with E-state index in [1.807, 2.05) is 0 Å². The highest BCUT2D eigenvalue weighted by Gasteiger charge is 2.39. The molecule has 1 saturated heterocycles. The fourth-order valence-corrected chi connectivity index (χ4v) is 2.17. The van der Waals surface area contributed by atoms with E-state index < -0.39 is 24.2 Å². The summed E-state index contributed by atoms with van der Waals surface area (Å²) in [7, 11) is 0. The summed E-state index contributed by atoms with van der Waals surface area (Å²) in [6.07, 6.45) is -4.78. The summed E-state index contributed by atoms with van der Waals surface area (Å²) >= 11 is 0. The molecule has 1 aromatic carbocycles. The maximum atomic E-state index is 13.1. The van der Waals surface area contributed by atoms with E-state index in [2.05, 4.69) is 9.98 Å². The Labute approximate surface area is 147 Å². The van der Waals surface area contributed by atoms with Crippen LogP contribution in [0.2, 0.25) is 0 Å². The van der Waals surface area contributed by atoms with E-state index in [9.17, 15) is 22.0 Å². The second-order valence-corrected chi connectivity index (χ2v) is 5.37. The number of nitrogens with zero attached hydrogens (tertiary/aromatic N) is 3. The minimum Gasteiger partial charge on any atom is -0.369 e. The average molecular weight is 386 g/mol. The van der Waals surface area contributed by atoms with Crippen molar-refractivity contribution in [2.45, 2.75) is 25.1 Å². The average Bonchev–Trinajstić information content (AvgIpc) is 2.85. The number of rotatable bonds is 2. The van der Waals surface area contributed by atoms with Crippen molar-refractivity contribution in [2.75, 3.05) is 13.1 Å². The van der Waals surface area contributed by atoms with Crippen molar-refractivity contribution in [3.05, 3.63) is 35.4 Å². The van der Waals surface area contributed by atoms with Crippen molar-refractivity contribution >= 4 is 24.3 Å². The predicted octanol–water partition coefficient (Wildman–Crippen LogP) is 2.60. The molecule has 1 heterocycles. The van der Waals surface area contributed by atoms with Gasteiger partial charge in [-0.05, 0) is 17.7 Å². The van der Waals surface area contributed by atoms with Crippen LogP contribution >= 0.6 is 12.4 Å². The molecule has 1 aromatic rings. The van der Waals surface area contributed by atoms with Crippen LogP contribution in [0.1, 0.15) is 17.5 Å². The van der Waals surface area contributed by atoms with E-state index in [1.54, 1.807) is 0 Å². The molecule has 11 heteroatoms. The summed E-state index contributed by atoms with van der Waals surface area (Å²) < 4.78 is 64.0. The Morgan fingerprint density at radius 1 is 1.24 bits per heavy atom. The lowest BCUT2D eigenvalue weighted by Gasteiger charge is -2.16. The highest BCUT2D eigenvalue weighted by molar-refractivity contribution is 5.93. The van der Waals surface area contributed by atoms with Gasteiger partial charge >= 0.3 is 6.18 Å². The molecule has 0 aromatic heterocycles. The summed E-state index contributed by atoms with van der Waals surface area (Å²) in [6.45, 7) is -0.644. The van der Waals surface area contributed by atoms with Gasteiger partial charge in [0, 0.05) is 13.0 Å². The molecule has 0 aliphatic carbocycles. The number of benzene rings is 1. The molecular weight excluding hydrogens is 369 g/mol. The lowest BCUT2D eigenvalue weighted by Crippen LogP contribution is -2.38. The quantitative estimate of drug-likeness (QED) is 0.466. The van der Waals surface area contributed by atoms with Gasteiger partial charge in [-0.25, -0.2) is 13.8 Å². The van der Waals surface area contributed by atoms with Crippen LogP contribution in [-0.4, -0.2) is 35.8 Å². The van der Waals surface area contributed by atoms with Gasteiger partial charge in [-0.2, -0.15) is 18.2 Å². The zero-order valence-corrected chi connectivity index (χ0v) is 13.7. The Morgan fingerprint density at radius 2 is 1.92 bits per heavy atom. The number of nitrogens with two attached hydrogens (primary N) is 2. The Morgan fingerprint density at radius 3 is 2.48 bits per heavy atom. The second-order valence-electron chi connectivity index (χ2n) is 5.37. The third-order valence-electron chi connectivity index (χ3n) is 3.40. The lowest BCUT2D eigenvalue weighted by atomic mass is 10.1. The van der Waals surface area contributed by atoms with Gasteiger partial charge in [0.25, 0.3) is 5.92 Å². The first-order chi connectivity index (χ1) is 11.1. The van der Waals surface area contributed by atoms with Gasteiger partial charge in [-0.1, -0.05) is 12.1 Å². The van der Waals surface area contributed by atoms with Crippen LogP contribution in [0, 0.1) is 0 Å². The molecule has 0 spiro atoms. The highest BCUT2D eigenvalue weighted by Crippen LogP contribution is 2.29. The Balaban J connectivity index is 0.00000312. The molecule has 0 amide bonds. The largest absolute Gasteiger partial charge is 0.416 e. The fraction of sp³-hybridized carbons (Fsp3) is 0.429. The van der Waals surface area contributed by atoms with Crippen LogP contribution < -0.4 is 11.5 Å². The first-order valence-electron chi connectivity index (χ1n) is 7.00. The summed E-state index contributed by atoms with van der Waals surface area (Å²) in [5.74, 6) is -3.32. The first-order valence-corrected chi connectivity index (χ1v) is 7.00. The molecule has 4 N–H and O–H groups in total. The third kappa shape index (κ3) is 6.04. The summed E-state index contributed by atoms with van der Waals surface area (Å²) in [5.41, 5.74) is 10.6. The van der Waals surface area contributed by atoms with Crippen LogP contribution in [0.4, 0.5) is 22.0 Å². The predicted molar refractivity (Wildman–Crippen MR) is 86.8 cm³/mol. The summed E-state index contributed by atoms with van der Waals surface area (Å²) in [4.78, 5) is 8.69. The van der Waals surface area contributed by atoms with E-state index >= 15 is 0 Å². The van der Waals surface area contributed by atoms with Gasteiger partial charge in [0.1, 0.15) is 0 Å². The number of aliphatic imine (C=N–C) groups is 2. The summed E-state index contributed by atoms with van der Waals surface area (Å²) in [5, 5.41) is 0. The number of likely N-dealkylation sites (tertiary alicyclic amines) is 1. The monoisotopic (exact) mass is 385 g/mol. The van der Waals surface area contributed by atoms with Crippen LogP contribution in [0.15, 0.2) is 34.3 Å². The lowest BCUT2D eigenvalue weighted by molar-refractivity contribution is -0.137. The van der Waals surface area contributed by atoms with Crippen molar-refractivity contribution in [3.8, 4) is 0 Å². The second kappa shape index (κ2) is 7.85. The maximum Gasteiger partial charge on any atom is 0.416 e. The van der Waals surface area contributed by atoms with Gasteiger partial charge in [0.2, 0.25) is 5.96 Å². The molecule has 1 aliphatic heterocycles. The molecule has 0 bridgehead atoms. The molecule has 1 aliphatic rings. The number of halogens is 6. The molecule has 0 saturated carbocycles. The van der Waals surface area contributed by atoms with Crippen molar-refractivity contribution < 1.29 is 22.0 Å². The van der Waals surface area contributed by atoms with Crippen molar-refractivity contribution in [2.24, 2.45) is 21.5 Å². The van der Waals surface area contributed by atoms with E-state index in [0.29, 0.717) is 0 Å². The first kappa shape index (κ1) is 20.9. The highest BCUT2D eigenvalue weighted by atomic mass is 35.5. The van der Waals surface area contributed by atoms with Crippen LogP contribution in [-0.2, 0) is 12.7 Å². The van der Waals surface area contributed by atoms with E-state index in [-0.39, 0.29) is 49.4 Å². The molecule has 0 atom stereocenters. The van der Waals surface area contributed by atoms with Crippen LogP contribution in [0.3, 0.4) is 0 Å². The van der Waals surface area contributed by atoms with Gasteiger partial charge < -0.3 is 16.4 Å². The topological polar surface area (TPSA) is 80.0 Å². The van der Waals surface area contributed by atoms with Gasteiger partial charge in [-0.15, -0.1) is 12.4 Å². The zero-order chi connectivity index (χ0) is 18.0. The molecule has 1 fully saturated rings. The number of hydrogen-bond donors (Lipinski definition) is 2. The van der Waals surface area contributed by atoms with Crippen molar-refractivity contribution in [1.82, 2.24) is 4.90 Å². The van der Waals surface area contributed by atoms with E-state index in [4.69, 9.17) is 11.5 Å². The van der Waals surface area contributed by atoms with Gasteiger partial charge in [-0.3, -0.25) is 0 Å².